The second-order valence-electron chi connectivity index (χ2n) is 6.72. The Morgan fingerprint density at radius 1 is 1.17 bits per heavy atom. The number of morpholine rings is 1. The fourth-order valence-electron chi connectivity index (χ4n) is 3.23. The number of rotatable bonds is 7. The van der Waals surface area contributed by atoms with Crippen LogP contribution >= 0.6 is 15.9 Å². The number of nitrogens with two attached hydrogens (primary N) is 1. The van der Waals surface area contributed by atoms with E-state index in [0.717, 1.165) is 61.2 Å². The van der Waals surface area contributed by atoms with Crippen molar-refractivity contribution in [3.63, 3.8) is 0 Å². The molecule has 0 spiro atoms. The van der Waals surface area contributed by atoms with Crippen molar-refractivity contribution in [2.45, 2.75) is 6.42 Å². The minimum absolute atomic E-state index is 0.310. The first-order valence-electron chi connectivity index (χ1n) is 9.58. The Labute approximate surface area is 177 Å². The Morgan fingerprint density at radius 3 is 2.90 bits per heavy atom. The Balaban J connectivity index is 1.42. The Hall–Kier alpha value is -2.49. The molecular formula is C20H23BrN6O2. The highest BCUT2D eigenvalue weighted by Crippen LogP contribution is 2.35. The van der Waals surface area contributed by atoms with Gasteiger partial charge in [0.15, 0.2) is 11.6 Å². The second kappa shape index (κ2) is 9.34. The highest BCUT2D eigenvalue weighted by molar-refractivity contribution is 9.10. The lowest BCUT2D eigenvalue weighted by atomic mass is 10.2. The van der Waals surface area contributed by atoms with Crippen molar-refractivity contribution < 1.29 is 9.47 Å². The fraction of sp³-hybridized carbons (Fsp3) is 0.350. The number of anilines is 2. The van der Waals surface area contributed by atoms with Gasteiger partial charge in [-0.2, -0.15) is 4.98 Å². The minimum atomic E-state index is 0.310. The van der Waals surface area contributed by atoms with Gasteiger partial charge in [-0.05, 0) is 31.2 Å². The Kier molecular flexibility index (Phi) is 6.38. The van der Waals surface area contributed by atoms with Gasteiger partial charge in [0.1, 0.15) is 17.5 Å². The van der Waals surface area contributed by atoms with E-state index in [0.29, 0.717) is 23.1 Å². The van der Waals surface area contributed by atoms with Gasteiger partial charge >= 0.3 is 0 Å². The third-order valence-corrected chi connectivity index (χ3v) is 5.47. The summed E-state index contributed by atoms with van der Waals surface area (Å²) in [4.78, 5) is 15.3. The number of pyridine rings is 1. The van der Waals surface area contributed by atoms with Gasteiger partial charge in [0.2, 0.25) is 5.88 Å². The minimum Gasteiger partial charge on any atom is -0.435 e. The lowest BCUT2D eigenvalue weighted by Crippen LogP contribution is -2.37. The maximum absolute atomic E-state index is 6.26. The largest absolute Gasteiger partial charge is 0.435 e. The first-order valence-corrected chi connectivity index (χ1v) is 10.4. The third kappa shape index (κ3) is 4.75. The molecule has 1 aliphatic rings. The van der Waals surface area contributed by atoms with E-state index in [1.807, 2.05) is 24.3 Å². The van der Waals surface area contributed by atoms with Gasteiger partial charge in [-0.1, -0.05) is 22.0 Å². The summed E-state index contributed by atoms with van der Waals surface area (Å²) in [7, 11) is 0. The van der Waals surface area contributed by atoms with E-state index >= 15 is 0 Å². The number of nitrogens with one attached hydrogen (secondary N) is 1. The van der Waals surface area contributed by atoms with Crippen LogP contribution in [0.15, 0.2) is 41.3 Å². The van der Waals surface area contributed by atoms with Crippen LogP contribution < -0.4 is 15.8 Å². The molecule has 152 valence electrons. The molecular weight excluding hydrogens is 436 g/mol. The van der Waals surface area contributed by atoms with E-state index in [9.17, 15) is 0 Å². The van der Waals surface area contributed by atoms with E-state index in [2.05, 4.69) is 41.1 Å². The zero-order valence-corrected chi connectivity index (χ0v) is 17.6. The molecule has 4 rings (SSSR count). The predicted molar refractivity (Wildman–Crippen MR) is 116 cm³/mol. The highest BCUT2D eigenvalue weighted by atomic mass is 79.9. The number of ether oxygens (including phenoxy) is 2. The highest BCUT2D eigenvalue weighted by Gasteiger charge is 2.14. The standard InChI is InChI=1S/C20H23BrN6O2/c21-15-4-5-16(18-14(15)3-1-6-23-18)29-20-17(22)19(25-13-26-20)24-7-2-8-27-9-11-28-12-10-27/h1,3-6,13H,2,7-12,22H2,(H,24,25,26). The summed E-state index contributed by atoms with van der Waals surface area (Å²) in [6.45, 7) is 5.38. The molecule has 1 aliphatic heterocycles. The maximum atomic E-state index is 6.26. The summed E-state index contributed by atoms with van der Waals surface area (Å²) in [5.74, 6) is 1.48. The summed E-state index contributed by atoms with van der Waals surface area (Å²) in [5.41, 5.74) is 7.38. The van der Waals surface area contributed by atoms with Crippen molar-refractivity contribution >= 4 is 38.3 Å². The molecule has 1 aromatic carbocycles. The summed E-state index contributed by atoms with van der Waals surface area (Å²) in [5, 5.41) is 4.25. The number of nitrogens with zero attached hydrogens (tertiary/aromatic N) is 4. The van der Waals surface area contributed by atoms with Crippen molar-refractivity contribution in [1.29, 1.82) is 0 Å². The van der Waals surface area contributed by atoms with Gasteiger partial charge in [-0.25, -0.2) is 4.98 Å². The van der Waals surface area contributed by atoms with Gasteiger partial charge in [0.25, 0.3) is 0 Å². The van der Waals surface area contributed by atoms with Gasteiger partial charge in [-0.15, -0.1) is 0 Å². The zero-order chi connectivity index (χ0) is 20.1. The first-order chi connectivity index (χ1) is 14.2. The average molecular weight is 459 g/mol. The fourth-order valence-corrected chi connectivity index (χ4v) is 3.69. The van der Waals surface area contributed by atoms with Crippen LogP contribution in [-0.4, -0.2) is 59.2 Å². The molecule has 8 nitrogen and oxygen atoms in total. The maximum Gasteiger partial charge on any atom is 0.248 e. The van der Waals surface area contributed by atoms with Gasteiger partial charge < -0.3 is 20.5 Å². The number of fused-ring (bicyclic) bond motifs is 1. The van der Waals surface area contributed by atoms with E-state index in [-0.39, 0.29) is 0 Å². The topological polar surface area (TPSA) is 98.4 Å². The molecule has 9 heteroatoms. The van der Waals surface area contributed by atoms with E-state index < -0.39 is 0 Å². The molecule has 0 atom stereocenters. The molecule has 1 saturated heterocycles. The van der Waals surface area contributed by atoms with Gasteiger partial charge in [-0.3, -0.25) is 9.88 Å². The Bertz CT molecular complexity index is 980. The summed E-state index contributed by atoms with van der Waals surface area (Å²) >= 11 is 3.54. The molecule has 3 heterocycles. The van der Waals surface area contributed by atoms with Gasteiger partial charge in [0.05, 0.1) is 13.2 Å². The van der Waals surface area contributed by atoms with E-state index in [1.54, 1.807) is 6.20 Å². The Morgan fingerprint density at radius 2 is 2.03 bits per heavy atom. The normalized spacial score (nSPS) is 14.8. The molecule has 0 radical (unpaired) electrons. The van der Waals surface area contributed by atoms with E-state index in [1.165, 1.54) is 6.33 Å². The monoisotopic (exact) mass is 458 g/mol. The first kappa shape index (κ1) is 19.8. The molecule has 0 saturated carbocycles. The average Bonchev–Trinajstić information content (AvgIpc) is 2.76. The molecule has 29 heavy (non-hydrogen) atoms. The molecule has 0 unspecified atom stereocenters. The van der Waals surface area contributed by atoms with Gasteiger partial charge in [0, 0.05) is 35.7 Å². The lowest BCUT2D eigenvalue weighted by Gasteiger charge is -2.26. The quantitative estimate of drug-likeness (QED) is 0.520. The SMILES string of the molecule is Nc1c(NCCCN2CCOCC2)ncnc1Oc1ccc(Br)c2cccnc12. The second-order valence-corrected chi connectivity index (χ2v) is 7.58. The van der Waals surface area contributed by atoms with Crippen molar-refractivity contribution in [3.8, 4) is 11.6 Å². The molecule has 3 aromatic rings. The molecule has 2 aromatic heterocycles. The molecule has 0 bridgehead atoms. The molecule has 3 N–H and O–H groups in total. The van der Waals surface area contributed by atoms with Crippen molar-refractivity contribution in [1.82, 2.24) is 19.9 Å². The van der Waals surface area contributed by atoms with Crippen molar-refractivity contribution in [2.75, 3.05) is 50.4 Å². The molecule has 1 fully saturated rings. The summed E-state index contributed by atoms with van der Waals surface area (Å²) < 4.78 is 12.3. The van der Waals surface area contributed by atoms with Crippen molar-refractivity contribution in [3.05, 3.63) is 41.3 Å². The van der Waals surface area contributed by atoms with Crippen molar-refractivity contribution in [2.24, 2.45) is 0 Å². The van der Waals surface area contributed by atoms with E-state index in [4.69, 9.17) is 15.2 Å². The zero-order valence-electron chi connectivity index (χ0n) is 16.0. The van der Waals surface area contributed by atoms with Crippen LogP contribution in [0, 0.1) is 0 Å². The van der Waals surface area contributed by atoms with Crippen LogP contribution in [0.2, 0.25) is 0 Å². The van der Waals surface area contributed by atoms with Crippen LogP contribution in [0.4, 0.5) is 11.5 Å². The van der Waals surface area contributed by atoms with Crippen LogP contribution in [-0.2, 0) is 4.74 Å². The molecule has 0 amide bonds. The predicted octanol–water partition coefficient (Wildman–Crippen LogP) is 3.30. The smallest absolute Gasteiger partial charge is 0.248 e. The molecule has 0 aliphatic carbocycles. The summed E-state index contributed by atoms with van der Waals surface area (Å²) in [6.07, 6.45) is 4.16. The number of hydrogen-bond donors (Lipinski definition) is 2. The van der Waals surface area contributed by atoms with Crippen LogP contribution in [0.3, 0.4) is 0 Å². The number of halogens is 1. The lowest BCUT2D eigenvalue weighted by molar-refractivity contribution is 0.0378. The number of nitrogen functional groups attached to an aromatic ring is 1. The number of benzene rings is 1. The van der Waals surface area contributed by atoms with Crippen LogP contribution in [0.1, 0.15) is 6.42 Å². The number of aromatic nitrogens is 3. The van der Waals surface area contributed by atoms with Crippen LogP contribution in [0.25, 0.3) is 10.9 Å². The van der Waals surface area contributed by atoms with Crippen LogP contribution in [0.5, 0.6) is 11.6 Å². The number of hydrogen-bond acceptors (Lipinski definition) is 8. The third-order valence-electron chi connectivity index (χ3n) is 4.78. The summed E-state index contributed by atoms with van der Waals surface area (Å²) in [6, 6.07) is 7.62.